The van der Waals surface area contributed by atoms with Gasteiger partial charge in [-0.3, -0.25) is 4.79 Å². The molecule has 1 heterocycles. The number of thioether (sulfide) groups is 1. The Bertz CT molecular complexity index is 222. The molecule has 12 heavy (non-hydrogen) atoms. The Morgan fingerprint density at radius 2 is 2.42 bits per heavy atom. The van der Waals surface area contributed by atoms with Crippen LogP contribution in [0.1, 0.15) is 13.8 Å². The largest absolute Gasteiger partial charge is 0.467 e. The molecule has 1 aliphatic heterocycles. The number of carbonyl (C=O) groups excluding carboxylic acids is 1. The molecule has 0 saturated carbocycles. The van der Waals surface area contributed by atoms with Crippen molar-refractivity contribution in [1.29, 1.82) is 0 Å². The molecule has 1 unspecified atom stereocenters. The molecule has 0 N–H and O–H groups in total. The van der Waals surface area contributed by atoms with Gasteiger partial charge in [-0.25, -0.2) is 0 Å². The Labute approximate surface area is 76.1 Å². The summed E-state index contributed by atoms with van der Waals surface area (Å²) in [5, 5.41) is 0. The summed E-state index contributed by atoms with van der Waals surface area (Å²) in [6.07, 6.45) is -0.210. The van der Waals surface area contributed by atoms with Crippen LogP contribution in [0.2, 0.25) is 0 Å². The molecule has 0 spiro atoms. The number of ketones is 1. The Kier molecular flexibility index (Phi) is 3.17. The molecule has 1 atom stereocenters. The average molecular weight is 188 g/mol. The summed E-state index contributed by atoms with van der Waals surface area (Å²) in [6.45, 7) is 3.33. The Hall–Kier alpha value is -0.480. The van der Waals surface area contributed by atoms with Gasteiger partial charge in [0.05, 0.1) is 10.7 Å². The zero-order valence-electron chi connectivity index (χ0n) is 7.42. The first kappa shape index (κ1) is 9.61. The zero-order chi connectivity index (χ0) is 9.14. The number of methoxy groups -OCH3 is 1. The van der Waals surface area contributed by atoms with Crippen LogP contribution in [0.15, 0.2) is 10.7 Å². The minimum Gasteiger partial charge on any atom is -0.467 e. The lowest BCUT2D eigenvalue weighted by molar-refractivity contribution is -0.114. The van der Waals surface area contributed by atoms with Crippen LogP contribution in [0.5, 0.6) is 0 Å². The van der Waals surface area contributed by atoms with Crippen LogP contribution in [-0.2, 0) is 14.3 Å². The van der Waals surface area contributed by atoms with Gasteiger partial charge in [0.15, 0.2) is 5.78 Å². The summed E-state index contributed by atoms with van der Waals surface area (Å²) in [5.41, 5.74) is 0. The van der Waals surface area contributed by atoms with Crippen LogP contribution < -0.4 is 0 Å². The average Bonchev–Trinajstić information content (AvgIpc) is 2.03. The molecule has 0 aromatic heterocycles. The second-order valence-electron chi connectivity index (χ2n) is 2.54. The van der Waals surface area contributed by atoms with Gasteiger partial charge >= 0.3 is 0 Å². The fourth-order valence-electron chi connectivity index (χ4n) is 1.00. The van der Waals surface area contributed by atoms with Gasteiger partial charge in [0.2, 0.25) is 6.29 Å². The van der Waals surface area contributed by atoms with Gasteiger partial charge < -0.3 is 9.47 Å². The summed E-state index contributed by atoms with van der Waals surface area (Å²) >= 11 is 1.49. The first-order chi connectivity index (χ1) is 5.65. The van der Waals surface area contributed by atoms with E-state index in [0.717, 1.165) is 0 Å². The summed E-state index contributed by atoms with van der Waals surface area (Å²) < 4.78 is 10.3. The van der Waals surface area contributed by atoms with Gasteiger partial charge in [-0.1, -0.05) is 0 Å². The molecule has 1 aliphatic rings. The third-order valence-electron chi connectivity index (χ3n) is 1.57. The highest BCUT2D eigenvalue weighted by molar-refractivity contribution is 8.04. The Balaban J connectivity index is 2.71. The minimum absolute atomic E-state index is 0.0621. The first-order valence-electron chi connectivity index (χ1n) is 3.69. The SMILES string of the molecule is COC1CSC(C(C)=O)=C(C)O1. The molecule has 68 valence electrons. The lowest BCUT2D eigenvalue weighted by Gasteiger charge is -2.23. The molecule has 0 aliphatic carbocycles. The van der Waals surface area contributed by atoms with Crippen molar-refractivity contribution in [2.24, 2.45) is 0 Å². The fraction of sp³-hybridized carbons (Fsp3) is 0.625. The van der Waals surface area contributed by atoms with E-state index in [-0.39, 0.29) is 12.1 Å². The fourth-order valence-corrected chi connectivity index (χ4v) is 1.96. The summed E-state index contributed by atoms with van der Waals surface area (Å²) in [5.74, 6) is 1.42. The van der Waals surface area contributed by atoms with Crippen molar-refractivity contribution < 1.29 is 14.3 Å². The lowest BCUT2D eigenvalue weighted by Crippen LogP contribution is -2.22. The summed E-state index contributed by atoms with van der Waals surface area (Å²) in [4.78, 5) is 11.7. The predicted octanol–water partition coefficient (Wildman–Crippen LogP) is 1.54. The summed E-state index contributed by atoms with van der Waals surface area (Å²) in [7, 11) is 1.59. The monoisotopic (exact) mass is 188 g/mol. The third-order valence-corrected chi connectivity index (χ3v) is 2.88. The van der Waals surface area contributed by atoms with E-state index < -0.39 is 0 Å². The van der Waals surface area contributed by atoms with Crippen LogP contribution >= 0.6 is 11.8 Å². The number of Topliss-reactive ketones (excluding diaryl/α,β-unsaturated/α-hetero) is 1. The molecule has 3 nitrogen and oxygen atoms in total. The molecule has 0 aromatic rings. The summed E-state index contributed by atoms with van der Waals surface area (Å²) in [6, 6.07) is 0. The number of hydrogen-bond acceptors (Lipinski definition) is 4. The maximum atomic E-state index is 11.0. The van der Waals surface area contributed by atoms with Crippen molar-refractivity contribution in [3.8, 4) is 0 Å². The van der Waals surface area contributed by atoms with Crippen LogP contribution in [0.25, 0.3) is 0 Å². The van der Waals surface area contributed by atoms with Crippen molar-refractivity contribution in [2.45, 2.75) is 20.1 Å². The Morgan fingerprint density at radius 1 is 1.75 bits per heavy atom. The van der Waals surface area contributed by atoms with Crippen molar-refractivity contribution in [2.75, 3.05) is 12.9 Å². The van der Waals surface area contributed by atoms with Gasteiger partial charge in [0.1, 0.15) is 5.76 Å². The van der Waals surface area contributed by atoms with E-state index in [1.807, 2.05) is 0 Å². The maximum Gasteiger partial charge on any atom is 0.208 e. The zero-order valence-corrected chi connectivity index (χ0v) is 8.23. The molecule has 1 rings (SSSR count). The van der Waals surface area contributed by atoms with E-state index in [0.29, 0.717) is 16.4 Å². The van der Waals surface area contributed by atoms with E-state index in [4.69, 9.17) is 9.47 Å². The van der Waals surface area contributed by atoms with Crippen LogP contribution in [-0.4, -0.2) is 24.9 Å². The molecule has 0 saturated heterocycles. The van der Waals surface area contributed by atoms with Crippen LogP contribution in [0, 0.1) is 0 Å². The second kappa shape index (κ2) is 3.96. The van der Waals surface area contributed by atoms with E-state index in [1.165, 1.54) is 11.8 Å². The van der Waals surface area contributed by atoms with Crippen molar-refractivity contribution in [3.05, 3.63) is 10.7 Å². The minimum atomic E-state index is -0.210. The Morgan fingerprint density at radius 3 is 2.83 bits per heavy atom. The third kappa shape index (κ3) is 2.01. The predicted molar refractivity (Wildman–Crippen MR) is 47.7 cm³/mol. The molecule has 0 amide bonds. The van der Waals surface area contributed by atoms with Gasteiger partial charge in [0.25, 0.3) is 0 Å². The highest BCUT2D eigenvalue weighted by Crippen LogP contribution is 2.29. The molecule has 0 fully saturated rings. The molecule has 0 aromatic carbocycles. The standard InChI is InChI=1S/C8H12O3S/c1-5(9)8-6(2)11-7(10-3)4-12-8/h7H,4H2,1-3H3. The molecule has 4 heteroatoms. The number of rotatable bonds is 2. The van der Waals surface area contributed by atoms with Crippen molar-refractivity contribution in [3.63, 3.8) is 0 Å². The van der Waals surface area contributed by atoms with E-state index in [9.17, 15) is 4.79 Å². The number of ether oxygens (including phenoxy) is 2. The topological polar surface area (TPSA) is 35.5 Å². The number of allylic oxidation sites excluding steroid dienone is 2. The van der Waals surface area contributed by atoms with E-state index >= 15 is 0 Å². The molecule has 0 radical (unpaired) electrons. The second-order valence-corrected chi connectivity index (χ2v) is 3.57. The van der Waals surface area contributed by atoms with Gasteiger partial charge in [-0.15, -0.1) is 11.8 Å². The number of carbonyl (C=O) groups is 1. The lowest BCUT2D eigenvalue weighted by atomic mass is 10.3. The maximum absolute atomic E-state index is 11.0. The van der Waals surface area contributed by atoms with Crippen LogP contribution in [0.3, 0.4) is 0 Å². The smallest absolute Gasteiger partial charge is 0.208 e. The van der Waals surface area contributed by atoms with Gasteiger partial charge in [0, 0.05) is 7.11 Å². The van der Waals surface area contributed by atoms with Crippen molar-refractivity contribution in [1.82, 2.24) is 0 Å². The highest BCUT2D eigenvalue weighted by atomic mass is 32.2. The molecular weight excluding hydrogens is 176 g/mol. The van der Waals surface area contributed by atoms with Gasteiger partial charge in [-0.2, -0.15) is 0 Å². The van der Waals surface area contributed by atoms with E-state index in [1.54, 1.807) is 21.0 Å². The first-order valence-corrected chi connectivity index (χ1v) is 4.67. The van der Waals surface area contributed by atoms with E-state index in [2.05, 4.69) is 0 Å². The molecular formula is C8H12O3S. The number of hydrogen-bond donors (Lipinski definition) is 0. The quantitative estimate of drug-likeness (QED) is 0.658. The molecule has 0 bridgehead atoms. The normalized spacial score (nSPS) is 23.8. The highest BCUT2D eigenvalue weighted by Gasteiger charge is 2.21. The van der Waals surface area contributed by atoms with Crippen molar-refractivity contribution >= 4 is 17.5 Å². The van der Waals surface area contributed by atoms with Crippen LogP contribution in [0.4, 0.5) is 0 Å². The van der Waals surface area contributed by atoms with Gasteiger partial charge in [-0.05, 0) is 13.8 Å².